The molecule has 0 aliphatic rings. The van der Waals surface area contributed by atoms with Gasteiger partial charge in [-0.1, -0.05) is 45.2 Å². The lowest BCUT2D eigenvalue weighted by atomic mass is 10.0. The standard InChI is InChI=1S/C21H28N4O2/c1-13(2)9-5-6-10-14(3)25-19(22)17(21(26)27-4)18-20(25)24-16-12-8-7-11-15(16)23-18/h7-8,11-14H,5-6,9-10,22H2,1-4H3/t14-/m0/s1. The van der Waals surface area contributed by atoms with Gasteiger partial charge in [0, 0.05) is 6.04 Å². The highest BCUT2D eigenvalue weighted by atomic mass is 16.5. The smallest absolute Gasteiger partial charge is 0.343 e. The zero-order valence-corrected chi connectivity index (χ0v) is 16.5. The molecule has 2 N–H and O–H groups in total. The van der Waals surface area contributed by atoms with Crippen molar-refractivity contribution in [2.75, 3.05) is 12.8 Å². The van der Waals surface area contributed by atoms with Crippen LogP contribution in [0.3, 0.4) is 0 Å². The number of nitrogen functional groups attached to an aromatic ring is 1. The first-order chi connectivity index (χ1) is 12.9. The Morgan fingerprint density at radius 3 is 2.37 bits per heavy atom. The Balaban J connectivity index is 2.06. The van der Waals surface area contributed by atoms with Crippen LogP contribution in [0.1, 0.15) is 62.9 Å². The van der Waals surface area contributed by atoms with Crippen LogP contribution in [0.4, 0.5) is 5.82 Å². The summed E-state index contributed by atoms with van der Waals surface area (Å²) >= 11 is 0. The molecule has 0 aliphatic carbocycles. The lowest BCUT2D eigenvalue weighted by Crippen LogP contribution is -2.11. The summed E-state index contributed by atoms with van der Waals surface area (Å²) in [4.78, 5) is 21.8. The molecule has 2 heterocycles. The highest BCUT2D eigenvalue weighted by Gasteiger charge is 2.26. The number of rotatable bonds is 7. The summed E-state index contributed by atoms with van der Waals surface area (Å²) < 4.78 is 6.90. The van der Waals surface area contributed by atoms with E-state index in [4.69, 9.17) is 15.5 Å². The molecular formula is C21H28N4O2. The zero-order valence-electron chi connectivity index (χ0n) is 16.5. The molecule has 0 bridgehead atoms. The van der Waals surface area contributed by atoms with Crippen molar-refractivity contribution in [3.63, 3.8) is 0 Å². The number of ether oxygens (including phenoxy) is 1. The van der Waals surface area contributed by atoms with Crippen molar-refractivity contribution in [3.8, 4) is 0 Å². The Hall–Kier alpha value is -2.63. The third-order valence-electron chi connectivity index (χ3n) is 5.02. The Kier molecular flexibility index (Phi) is 5.63. The molecule has 3 rings (SSSR count). The van der Waals surface area contributed by atoms with Gasteiger partial charge in [0.2, 0.25) is 0 Å². The predicted molar refractivity (Wildman–Crippen MR) is 109 cm³/mol. The van der Waals surface area contributed by atoms with Crippen LogP contribution in [0, 0.1) is 5.92 Å². The molecule has 0 radical (unpaired) electrons. The molecule has 0 spiro atoms. The van der Waals surface area contributed by atoms with E-state index in [-0.39, 0.29) is 6.04 Å². The van der Waals surface area contributed by atoms with Crippen molar-refractivity contribution >= 4 is 34.0 Å². The van der Waals surface area contributed by atoms with Crippen molar-refractivity contribution in [2.24, 2.45) is 5.92 Å². The third-order valence-corrected chi connectivity index (χ3v) is 5.02. The second-order valence-corrected chi connectivity index (χ2v) is 7.53. The molecular weight excluding hydrogens is 340 g/mol. The van der Waals surface area contributed by atoms with Gasteiger partial charge in [-0.15, -0.1) is 0 Å². The van der Waals surface area contributed by atoms with E-state index in [9.17, 15) is 4.79 Å². The molecule has 0 amide bonds. The Morgan fingerprint density at radius 2 is 1.74 bits per heavy atom. The minimum atomic E-state index is -0.479. The molecule has 0 aliphatic heterocycles. The summed E-state index contributed by atoms with van der Waals surface area (Å²) in [7, 11) is 1.36. The predicted octanol–water partition coefficient (Wildman–Crippen LogP) is 4.73. The summed E-state index contributed by atoms with van der Waals surface area (Å²) in [5, 5.41) is 0. The Morgan fingerprint density at radius 1 is 1.11 bits per heavy atom. The summed E-state index contributed by atoms with van der Waals surface area (Å²) in [5.41, 5.74) is 9.36. The van der Waals surface area contributed by atoms with Crippen LogP contribution >= 0.6 is 0 Å². The molecule has 6 nitrogen and oxygen atoms in total. The van der Waals surface area contributed by atoms with Gasteiger partial charge >= 0.3 is 5.97 Å². The topological polar surface area (TPSA) is 83.0 Å². The molecule has 27 heavy (non-hydrogen) atoms. The molecule has 0 saturated carbocycles. The molecule has 6 heteroatoms. The lowest BCUT2D eigenvalue weighted by Gasteiger charge is -2.17. The quantitative estimate of drug-likeness (QED) is 0.481. The van der Waals surface area contributed by atoms with E-state index in [2.05, 4.69) is 25.8 Å². The average Bonchev–Trinajstić information content (AvgIpc) is 2.93. The normalized spacial score (nSPS) is 12.8. The van der Waals surface area contributed by atoms with Gasteiger partial charge < -0.3 is 15.0 Å². The van der Waals surface area contributed by atoms with Crippen LogP contribution in [-0.4, -0.2) is 27.6 Å². The van der Waals surface area contributed by atoms with E-state index in [1.165, 1.54) is 20.0 Å². The van der Waals surface area contributed by atoms with Crippen LogP contribution in [0.25, 0.3) is 22.2 Å². The summed E-state index contributed by atoms with van der Waals surface area (Å²) in [5.74, 6) is 0.609. The summed E-state index contributed by atoms with van der Waals surface area (Å²) in [6, 6.07) is 7.74. The van der Waals surface area contributed by atoms with Gasteiger partial charge in [-0.3, -0.25) is 0 Å². The van der Waals surface area contributed by atoms with Gasteiger partial charge in [0.25, 0.3) is 0 Å². The number of methoxy groups -OCH3 is 1. The van der Waals surface area contributed by atoms with Crippen LogP contribution < -0.4 is 5.73 Å². The number of aromatic nitrogens is 3. The van der Waals surface area contributed by atoms with Gasteiger partial charge in [0.1, 0.15) is 16.9 Å². The molecule has 0 saturated heterocycles. The van der Waals surface area contributed by atoms with Crippen molar-refractivity contribution < 1.29 is 9.53 Å². The van der Waals surface area contributed by atoms with Gasteiger partial charge in [-0.2, -0.15) is 0 Å². The first kappa shape index (κ1) is 19.1. The number of anilines is 1. The van der Waals surface area contributed by atoms with E-state index in [1.54, 1.807) is 0 Å². The number of hydrogen-bond acceptors (Lipinski definition) is 5. The lowest BCUT2D eigenvalue weighted by molar-refractivity contribution is 0.0604. The van der Waals surface area contributed by atoms with Crippen LogP contribution in [0.2, 0.25) is 0 Å². The molecule has 1 atom stereocenters. The van der Waals surface area contributed by atoms with Gasteiger partial charge in [0.15, 0.2) is 5.65 Å². The van der Waals surface area contributed by atoms with Crippen molar-refractivity contribution in [3.05, 3.63) is 29.8 Å². The fourth-order valence-corrected chi connectivity index (χ4v) is 3.55. The zero-order chi connectivity index (χ0) is 19.6. The molecule has 144 valence electrons. The van der Waals surface area contributed by atoms with E-state index < -0.39 is 5.97 Å². The SMILES string of the molecule is COC(=O)c1c(N)n([C@@H](C)CCCCC(C)C)c2nc3ccccc3nc12. The maximum atomic E-state index is 12.4. The maximum absolute atomic E-state index is 12.4. The fourth-order valence-electron chi connectivity index (χ4n) is 3.55. The van der Waals surface area contributed by atoms with Gasteiger partial charge in [-0.05, 0) is 31.4 Å². The van der Waals surface area contributed by atoms with E-state index in [0.717, 1.165) is 23.9 Å². The van der Waals surface area contributed by atoms with Crippen molar-refractivity contribution in [2.45, 2.75) is 52.5 Å². The molecule has 0 fully saturated rings. The minimum Gasteiger partial charge on any atom is -0.465 e. The van der Waals surface area contributed by atoms with E-state index in [1.807, 2.05) is 28.8 Å². The Bertz CT molecular complexity index is 962. The number of carbonyl (C=O) groups excluding carboxylic acids is 1. The van der Waals surface area contributed by atoms with E-state index >= 15 is 0 Å². The number of nitrogens with two attached hydrogens (primary N) is 1. The van der Waals surface area contributed by atoms with Crippen LogP contribution in [0.15, 0.2) is 24.3 Å². The first-order valence-electron chi connectivity index (χ1n) is 9.58. The van der Waals surface area contributed by atoms with Crippen LogP contribution in [0.5, 0.6) is 0 Å². The van der Waals surface area contributed by atoms with E-state index in [0.29, 0.717) is 28.5 Å². The molecule has 0 unspecified atom stereocenters. The monoisotopic (exact) mass is 368 g/mol. The second-order valence-electron chi connectivity index (χ2n) is 7.53. The number of esters is 1. The number of carbonyl (C=O) groups is 1. The van der Waals surface area contributed by atoms with Crippen LogP contribution in [-0.2, 0) is 4.74 Å². The third kappa shape index (κ3) is 3.75. The first-order valence-corrected chi connectivity index (χ1v) is 9.58. The number of para-hydroxylation sites is 2. The summed E-state index contributed by atoms with van der Waals surface area (Å²) in [6.07, 6.45) is 4.47. The highest BCUT2D eigenvalue weighted by molar-refractivity contribution is 6.08. The van der Waals surface area contributed by atoms with Gasteiger partial charge in [-0.25, -0.2) is 14.8 Å². The molecule has 1 aromatic carbocycles. The number of benzene rings is 1. The largest absolute Gasteiger partial charge is 0.465 e. The highest BCUT2D eigenvalue weighted by Crippen LogP contribution is 2.33. The average molecular weight is 368 g/mol. The van der Waals surface area contributed by atoms with Crippen molar-refractivity contribution in [1.82, 2.24) is 14.5 Å². The molecule has 2 aromatic heterocycles. The number of nitrogens with zero attached hydrogens (tertiary/aromatic N) is 3. The number of hydrogen-bond donors (Lipinski definition) is 1. The number of unbranched alkanes of at least 4 members (excludes halogenated alkanes) is 1. The van der Waals surface area contributed by atoms with Gasteiger partial charge in [0.05, 0.1) is 18.1 Å². The fraction of sp³-hybridized carbons (Fsp3) is 0.476. The van der Waals surface area contributed by atoms with Crippen molar-refractivity contribution in [1.29, 1.82) is 0 Å². The maximum Gasteiger partial charge on any atom is 0.343 e. The summed E-state index contributed by atoms with van der Waals surface area (Å²) in [6.45, 7) is 6.59. The second kappa shape index (κ2) is 7.94. The number of fused-ring (bicyclic) bond motifs is 2. The Labute approximate surface area is 159 Å². The minimum absolute atomic E-state index is 0.119. The molecule has 3 aromatic rings.